The molecule has 0 saturated carbocycles. The smallest absolute Gasteiger partial charge is 0.123 e. The van der Waals surface area contributed by atoms with Gasteiger partial charge in [0.1, 0.15) is 5.82 Å². The summed E-state index contributed by atoms with van der Waals surface area (Å²) in [7, 11) is 1.94. The van der Waals surface area contributed by atoms with Crippen molar-refractivity contribution in [3.05, 3.63) is 35.6 Å². The van der Waals surface area contributed by atoms with E-state index in [9.17, 15) is 9.50 Å². The standard InChI is InChI=1S/C12H18FNO/c1-12(2,9-15)14(3)8-10-4-6-11(13)7-5-10/h4-7,15H,8-9H2,1-3H3. The Bertz CT molecular complexity index is 308. The number of rotatable bonds is 4. The van der Waals surface area contributed by atoms with Crippen LogP contribution in [0.5, 0.6) is 0 Å². The van der Waals surface area contributed by atoms with Gasteiger partial charge < -0.3 is 5.11 Å². The van der Waals surface area contributed by atoms with Crippen LogP contribution in [0.25, 0.3) is 0 Å². The molecule has 0 radical (unpaired) electrons. The van der Waals surface area contributed by atoms with E-state index in [2.05, 4.69) is 0 Å². The molecule has 0 atom stereocenters. The molecule has 0 fully saturated rings. The lowest BCUT2D eigenvalue weighted by Gasteiger charge is -2.33. The van der Waals surface area contributed by atoms with Crippen LogP contribution in [0.3, 0.4) is 0 Å². The molecule has 3 heteroatoms. The van der Waals surface area contributed by atoms with Gasteiger partial charge in [-0.3, -0.25) is 4.90 Å². The van der Waals surface area contributed by atoms with E-state index < -0.39 is 0 Å². The van der Waals surface area contributed by atoms with E-state index in [4.69, 9.17) is 0 Å². The molecule has 1 rings (SSSR count). The monoisotopic (exact) mass is 211 g/mol. The van der Waals surface area contributed by atoms with Gasteiger partial charge in [0.15, 0.2) is 0 Å². The molecule has 0 aliphatic heterocycles. The van der Waals surface area contributed by atoms with Crippen molar-refractivity contribution in [3.8, 4) is 0 Å². The Morgan fingerprint density at radius 2 is 1.80 bits per heavy atom. The molecular weight excluding hydrogens is 193 g/mol. The molecule has 0 aliphatic rings. The second kappa shape index (κ2) is 4.73. The first-order valence-electron chi connectivity index (χ1n) is 5.02. The van der Waals surface area contributed by atoms with Crippen molar-refractivity contribution in [1.82, 2.24) is 4.90 Å². The van der Waals surface area contributed by atoms with Gasteiger partial charge in [0.2, 0.25) is 0 Å². The first-order valence-corrected chi connectivity index (χ1v) is 5.02. The molecule has 1 N–H and O–H groups in total. The summed E-state index contributed by atoms with van der Waals surface area (Å²) in [6, 6.07) is 6.43. The van der Waals surface area contributed by atoms with Gasteiger partial charge in [-0.2, -0.15) is 0 Å². The molecule has 15 heavy (non-hydrogen) atoms. The summed E-state index contributed by atoms with van der Waals surface area (Å²) in [5.74, 6) is -0.220. The van der Waals surface area contributed by atoms with Crippen molar-refractivity contribution < 1.29 is 9.50 Å². The first-order chi connectivity index (χ1) is 6.95. The van der Waals surface area contributed by atoms with Gasteiger partial charge in [-0.1, -0.05) is 12.1 Å². The van der Waals surface area contributed by atoms with Gasteiger partial charge in [0.25, 0.3) is 0 Å². The van der Waals surface area contributed by atoms with Gasteiger partial charge in [0.05, 0.1) is 6.61 Å². The summed E-state index contributed by atoms with van der Waals surface area (Å²) in [4.78, 5) is 2.04. The Labute approximate surface area is 90.3 Å². The maximum absolute atomic E-state index is 12.7. The Morgan fingerprint density at radius 1 is 1.27 bits per heavy atom. The van der Waals surface area contributed by atoms with E-state index in [0.717, 1.165) is 5.56 Å². The van der Waals surface area contributed by atoms with Crippen LogP contribution in [0.15, 0.2) is 24.3 Å². The summed E-state index contributed by atoms with van der Waals surface area (Å²) in [6.07, 6.45) is 0. The highest BCUT2D eigenvalue weighted by Crippen LogP contribution is 2.15. The van der Waals surface area contributed by atoms with E-state index >= 15 is 0 Å². The fourth-order valence-corrected chi connectivity index (χ4v) is 1.20. The highest BCUT2D eigenvalue weighted by molar-refractivity contribution is 5.16. The zero-order valence-electron chi connectivity index (χ0n) is 9.50. The largest absolute Gasteiger partial charge is 0.394 e. The number of benzene rings is 1. The van der Waals surface area contributed by atoms with Crippen LogP contribution in [0.4, 0.5) is 4.39 Å². The van der Waals surface area contributed by atoms with Crippen molar-refractivity contribution in [2.45, 2.75) is 25.9 Å². The van der Waals surface area contributed by atoms with Crippen LogP contribution >= 0.6 is 0 Å². The summed E-state index contributed by atoms with van der Waals surface area (Å²) in [5.41, 5.74) is 0.786. The number of hydrogen-bond acceptors (Lipinski definition) is 2. The maximum atomic E-state index is 12.7. The minimum atomic E-state index is -0.256. The van der Waals surface area contributed by atoms with Crippen molar-refractivity contribution >= 4 is 0 Å². The van der Waals surface area contributed by atoms with Gasteiger partial charge in [0, 0.05) is 12.1 Å². The average Bonchev–Trinajstić information content (AvgIpc) is 2.21. The zero-order chi connectivity index (χ0) is 11.5. The summed E-state index contributed by atoms with van der Waals surface area (Å²) < 4.78 is 12.7. The van der Waals surface area contributed by atoms with Crippen LogP contribution in [0, 0.1) is 5.82 Å². The lowest BCUT2D eigenvalue weighted by molar-refractivity contribution is 0.0734. The summed E-state index contributed by atoms with van der Waals surface area (Å²) >= 11 is 0. The number of nitrogens with zero attached hydrogens (tertiary/aromatic N) is 1. The molecule has 2 nitrogen and oxygen atoms in total. The molecule has 84 valence electrons. The lowest BCUT2D eigenvalue weighted by Crippen LogP contribution is -2.43. The highest BCUT2D eigenvalue weighted by atomic mass is 19.1. The van der Waals surface area contributed by atoms with E-state index in [1.165, 1.54) is 12.1 Å². The van der Waals surface area contributed by atoms with Crippen LogP contribution in [0.1, 0.15) is 19.4 Å². The van der Waals surface area contributed by atoms with Crippen molar-refractivity contribution in [3.63, 3.8) is 0 Å². The van der Waals surface area contributed by atoms with Crippen LogP contribution in [-0.2, 0) is 6.54 Å². The SMILES string of the molecule is CN(Cc1ccc(F)cc1)C(C)(C)CO. The van der Waals surface area contributed by atoms with Gasteiger partial charge in [-0.05, 0) is 38.6 Å². The van der Waals surface area contributed by atoms with E-state index in [-0.39, 0.29) is 18.0 Å². The van der Waals surface area contributed by atoms with Crippen LogP contribution in [-0.4, -0.2) is 29.2 Å². The molecule has 1 aromatic rings. The number of aliphatic hydroxyl groups excluding tert-OH is 1. The van der Waals surface area contributed by atoms with E-state index in [0.29, 0.717) is 6.54 Å². The predicted octanol–water partition coefficient (Wildman–Crippen LogP) is 2.03. The molecule has 0 saturated heterocycles. The predicted molar refractivity (Wildman–Crippen MR) is 59.0 cm³/mol. The minimum absolute atomic E-state index is 0.102. The second-order valence-corrected chi connectivity index (χ2v) is 4.45. The van der Waals surface area contributed by atoms with E-state index in [1.807, 2.05) is 25.8 Å². The maximum Gasteiger partial charge on any atom is 0.123 e. The fraction of sp³-hybridized carbons (Fsp3) is 0.500. The Balaban J connectivity index is 2.66. The first kappa shape index (κ1) is 12.1. The molecule has 1 aromatic carbocycles. The zero-order valence-corrected chi connectivity index (χ0v) is 9.50. The third-order valence-corrected chi connectivity index (χ3v) is 2.75. The van der Waals surface area contributed by atoms with Gasteiger partial charge in [-0.25, -0.2) is 4.39 Å². The molecule has 0 spiro atoms. The summed E-state index contributed by atoms with van der Waals surface area (Å²) in [6.45, 7) is 4.74. The van der Waals surface area contributed by atoms with Crippen LogP contribution in [0.2, 0.25) is 0 Å². The molecule has 0 unspecified atom stereocenters. The molecule has 0 aromatic heterocycles. The van der Waals surface area contributed by atoms with Crippen molar-refractivity contribution in [1.29, 1.82) is 0 Å². The third kappa shape index (κ3) is 3.29. The quantitative estimate of drug-likeness (QED) is 0.823. The Kier molecular flexibility index (Phi) is 3.83. The minimum Gasteiger partial charge on any atom is -0.394 e. The normalized spacial score (nSPS) is 12.1. The van der Waals surface area contributed by atoms with Crippen molar-refractivity contribution in [2.75, 3.05) is 13.7 Å². The third-order valence-electron chi connectivity index (χ3n) is 2.75. The summed E-state index contributed by atoms with van der Waals surface area (Å²) in [5, 5.41) is 9.18. The number of aliphatic hydroxyl groups is 1. The van der Waals surface area contributed by atoms with Crippen LogP contribution < -0.4 is 0 Å². The van der Waals surface area contributed by atoms with E-state index in [1.54, 1.807) is 12.1 Å². The molecule has 0 aliphatic carbocycles. The highest BCUT2D eigenvalue weighted by Gasteiger charge is 2.22. The number of likely N-dealkylation sites (N-methyl/N-ethyl adjacent to an activating group) is 1. The fourth-order valence-electron chi connectivity index (χ4n) is 1.20. The Morgan fingerprint density at radius 3 is 2.27 bits per heavy atom. The lowest BCUT2D eigenvalue weighted by atomic mass is 10.0. The second-order valence-electron chi connectivity index (χ2n) is 4.45. The van der Waals surface area contributed by atoms with Gasteiger partial charge >= 0.3 is 0 Å². The number of halogens is 1. The Hall–Kier alpha value is -0.930. The average molecular weight is 211 g/mol. The van der Waals surface area contributed by atoms with Crippen molar-refractivity contribution in [2.24, 2.45) is 0 Å². The van der Waals surface area contributed by atoms with Gasteiger partial charge in [-0.15, -0.1) is 0 Å². The number of hydrogen-bond donors (Lipinski definition) is 1. The molecule has 0 bridgehead atoms. The topological polar surface area (TPSA) is 23.5 Å². The molecular formula is C12H18FNO. The molecule has 0 amide bonds. The molecule has 0 heterocycles.